The first kappa shape index (κ1) is 22.7. The Morgan fingerprint density at radius 2 is 1.90 bits per heavy atom. The number of rotatable bonds is 9. The molecule has 0 saturated heterocycles. The minimum Gasteiger partial charge on any atom is -0.466 e. The number of amides is 1. The molecule has 31 heavy (non-hydrogen) atoms. The summed E-state index contributed by atoms with van der Waals surface area (Å²) >= 11 is 1.30. The number of hydrogen-bond acceptors (Lipinski definition) is 6. The van der Waals surface area contributed by atoms with Gasteiger partial charge in [-0.2, -0.15) is 5.10 Å². The topological polar surface area (TPSA) is 86.1 Å². The van der Waals surface area contributed by atoms with Crippen molar-refractivity contribution in [3.05, 3.63) is 63.4 Å². The van der Waals surface area contributed by atoms with E-state index in [-0.39, 0.29) is 18.3 Å². The first-order valence-electron chi connectivity index (χ1n) is 10.3. The second kappa shape index (κ2) is 10.3. The van der Waals surface area contributed by atoms with Crippen LogP contribution in [0.1, 0.15) is 47.1 Å². The van der Waals surface area contributed by atoms with Gasteiger partial charge < -0.3 is 10.1 Å². The minimum atomic E-state index is -0.320. The van der Waals surface area contributed by atoms with Crippen LogP contribution in [0.15, 0.2) is 29.6 Å². The number of benzene rings is 1. The van der Waals surface area contributed by atoms with Crippen molar-refractivity contribution >= 4 is 28.3 Å². The Morgan fingerprint density at radius 3 is 2.61 bits per heavy atom. The van der Waals surface area contributed by atoms with Gasteiger partial charge in [-0.05, 0) is 45.2 Å². The van der Waals surface area contributed by atoms with Crippen molar-refractivity contribution in [2.24, 2.45) is 0 Å². The van der Waals surface area contributed by atoms with E-state index in [0.29, 0.717) is 36.8 Å². The normalized spacial score (nSPS) is 10.8. The molecule has 2 aromatic heterocycles. The lowest BCUT2D eigenvalue weighted by Gasteiger charge is -2.06. The van der Waals surface area contributed by atoms with E-state index < -0.39 is 0 Å². The number of carbonyl (C=O) groups is 2. The van der Waals surface area contributed by atoms with Crippen molar-refractivity contribution < 1.29 is 14.3 Å². The maximum Gasteiger partial charge on any atom is 0.311 e. The highest BCUT2D eigenvalue weighted by Crippen LogP contribution is 2.19. The number of nitrogens with one attached hydrogen (secondary N) is 1. The third-order valence-corrected chi connectivity index (χ3v) is 5.82. The van der Waals surface area contributed by atoms with Gasteiger partial charge in [0.05, 0.1) is 31.0 Å². The molecule has 0 aliphatic carbocycles. The van der Waals surface area contributed by atoms with Crippen LogP contribution in [0.4, 0.5) is 5.13 Å². The molecule has 2 heterocycles. The molecule has 0 aliphatic heterocycles. The second-order valence-electron chi connectivity index (χ2n) is 7.47. The highest BCUT2D eigenvalue weighted by atomic mass is 32.1. The van der Waals surface area contributed by atoms with Crippen LogP contribution >= 0.6 is 11.3 Å². The Labute approximate surface area is 186 Å². The smallest absolute Gasteiger partial charge is 0.311 e. The van der Waals surface area contributed by atoms with E-state index in [9.17, 15) is 9.59 Å². The predicted molar refractivity (Wildman–Crippen MR) is 121 cm³/mol. The summed E-state index contributed by atoms with van der Waals surface area (Å²) in [6, 6.07) is 8.43. The fourth-order valence-corrected chi connectivity index (χ4v) is 4.07. The van der Waals surface area contributed by atoms with Gasteiger partial charge in [-0.3, -0.25) is 14.3 Å². The molecule has 7 nitrogen and oxygen atoms in total. The van der Waals surface area contributed by atoms with Crippen LogP contribution in [0, 0.1) is 20.8 Å². The van der Waals surface area contributed by atoms with E-state index in [1.165, 1.54) is 22.5 Å². The quantitative estimate of drug-likeness (QED) is 0.509. The van der Waals surface area contributed by atoms with Gasteiger partial charge in [0, 0.05) is 17.5 Å². The molecule has 0 atom stereocenters. The molecular weight excluding hydrogens is 412 g/mol. The molecule has 0 bridgehead atoms. The van der Waals surface area contributed by atoms with Gasteiger partial charge in [0.25, 0.3) is 0 Å². The summed E-state index contributed by atoms with van der Waals surface area (Å²) < 4.78 is 6.92. The van der Waals surface area contributed by atoms with Crippen LogP contribution in [0.25, 0.3) is 0 Å². The molecule has 0 spiro atoms. The number of hydrogen-bond donors (Lipinski definition) is 1. The Bertz CT molecular complexity index is 1050. The Balaban J connectivity index is 1.55. The van der Waals surface area contributed by atoms with Gasteiger partial charge >= 0.3 is 5.97 Å². The molecule has 0 radical (unpaired) electrons. The molecule has 1 N–H and O–H groups in total. The number of thiazole rings is 1. The van der Waals surface area contributed by atoms with Gasteiger partial charge in [0.2, 0.25) is 5.91 Å². The summed E-state index contributed by atoms with van der Waals surface area (Å²) in [5.41, 5.74) is 6.16. The van der Waals surface area contributed by atoms with Crippen molar-refractivity contribution in [2.75, 3.05) is 11.9 Å². The van der Waals surface area contributed by atoms with Crippen LogP contribution in [0.2, 0.25) is 0 Å². The molecule has 164 valence electrons. The summed E-state index contributed by atoms with van der Waals surface area (Å²) in [6.07, 6.45) is 1.06. The maximum atomic E-state index is 12.4. The molecule has 0 fully saturated rings. The summed E-state index contributed by atoms with van der Waals surface area (Å²) in [7, 11) is 0. The predicted octanol–water partition coefficient (Wildman–Crippen LogP) is 3.99. The number of aryl methyl sites for hydroxylation is 2. The van der Waals surface area contributed by atoms with E-state index in [1.54, 1.807) is 12.3 Å². The fourth-order valence-electron chi connectivity index (χ4n) is 3.34. The average molecular weight is 441 g/mol. The van der Waals surface area contributed by atoms with Gasteiger partial charge in [-0.25, -0.2) is 4.98 Å². The molecule has 3 aromatic rings. The molecule has 0 aliphatic rings. The first-order chi connectivity index (χ1) is 14.9. The Hall–Kier alpha value is -3.00. The van der Waals surface area contributed by atoms with Crippen LogP contribution in [0.5, 0.6) is 0 Å². The second-order valence-corrected chi connectivity index (χ2v) is 8.32. The number of aromatic nitrogens is 3. The van der Waals surface area contributed by atoms with E-state index in [0.717, 1.165) is 17.0 Å². The van der Waals surface area contributed by atoms with Crippen molar-refractivity contribution in [3.63, 3.8) is 0 Å². The highest BCUT2D eigenvalue weighted by molar-refractivity contribution is 7.13. The van der Waals surface area contributed by atoms with Crippen molar-refractivity contribution in [1.29, 1.82) is 0 Å². The lowest BCUT2D eigenvalue weighted by atomic mass is 10.1. The van der Waals surface area contributed by atoms with Crippen molar-refractivity contribution in [3.8, 4) is 0 Å². The fraction of sp³-hybridized carbons (Fsp3) is 0.391. The van der Waals surface area contributed by atoms with Gasteiger partial charge in [0.15, 0.2) is 5.13 Å². The zero-order valence-electron chi connectivity index (χ0n) is 18.4. The standard InChI is InChI=1S/C23H28N4O3S/c1-5-30-22(29)12-19-14-31-23(24-19)25-21(28)11-10-20-16(3)26-27(17(20)4)13-18-8-6-15(2)7-9-18/h6-9,14H,5,10-13H2,1-4H3,(H,24,25,28). The summed E-state index contributed by atoms with van der Waals surface area (Å²) in [5, 5.41) is 9.74. The number of anilines is 1. The van der Waals surface area contributed by atoms with Crippen LogP contribution in [-0.2, 0) is 33.7 Å². The Morgan fingerprint density at radius 1 is 1.16 bits per heavy atom. The molecule has 1 amide bonds. The molecule has 3 rings (SSSR count). The number of carbonyl (C=O) groups excluding carboxylic acids is 2. The summed E-state index contributed by atoms with van der Waals surface area (Å²) in [4.78, 5) is 28.2. The zero-order valence-corrected chi connectivity index (χ0v) is 19.2. The van der Waals surface area contributed by atoms with Gasteiger partial charge in [-0.1, -0.05) is 29.8 Å². The van der Waals surface area contributed by atoms with Crippen LogP contribution in [-0.4, -0.2) is 33.2 Å². The number of nitrogens with zero attached hydrogens (tertiary/aromatic N) is 3. The van der Waals surface area contributed by atoms with Gasteiger partial charge in [0.1, 0.15) is 0 Å². The van der Waals surface area contributed by atoms with Crippen LogP contribution in [0.3, 0.4) is 0 Å². The van der Waals surface area contributed by atoms with Crippen LogP contribution < -0.4 is 5.32 Å². The number of ether oxygens (including phenoxy) is 1. The van der Waals surface area contributed by atoms with E-state index >= 15 is 0 Å². The minimum absolute atomic E-state index is 0.109. The first-order valence-corrected chi connectivity index (χ1v) is 11.2. The molecule has 0 saturated carbocycles. The summed E-state index contributed by atoms with van der Waals surface area (Å²) in [6.45, 7) is 8.91. The largest absolute Gasteiger partial charge is 0.466 e. The monoisotopic (exact) mass is 440 g/mol. The van der Waals surface area contributed by atoms with E-state index in [1.807, 2.05) is 18.5 Å². The third-order valence-electron chi connectivity index (χ3n) is 5.02. The van der Waals surface area contributed by atoms with Crippen molar-refractivity contribution in [2.45, 2.75) is 53.5 Å². The average Bonchev–Trinajstić information content (AvgIpc) is 3.26. The van der Waals surface area contributed by atoms with E-state index in [2.05, 4.69) is 46.6 Å². The molecule has 1 aromatic carbocycles. The SMILES string of the molecule is CCOC(=O)Cc1csc(NC(=O)CCc2c(C)nn(Cc3ccc(C)cc3)c2C)n1. The van der Waals surface area contributed by atoms with Gasteiger partial charge in [-0.15, -0.1) is 11.3 Å². The molecule has 8 heteroatoms. The third kappa shape index (κ3) is 6.24. The number of esters is 1. The maximum absolute atomic E-state index is 12.4. The zero-order chi connectivity index (χ0) is 22.4. The van der Waals surface area contributed by atoms with E-state index in [4.69, 9.17) is 4.74 Å². The highest BCUT2D eigenvalue weighted by Gasteiger charge is 2.15. The molecule has 0 unspecified atom stereocenters. The summed E-state index contributed by atoms with van der Waals surface area (Å²) in [5.74, 6) is -0.429. The van der Waals surface area contributed by atoms with Crippen molar-refractivity contribution in [1.82, 2.24) is 14.8 Å². The lowest BCUT2D eigenvalue weighted by Crippen LogP contribution is -2.13. The lowest BCUT2D eigenvalue weighted by molar-refractivity contribution is -0.142. The Kier molecular flexibility index (Phi) is 7.57. The molecular formula is C23H28N4O3S.